The highest BCUT2D eigenvalue weighted by molar-refractivity contribution is 7.98. The summed E-state index contributed by atoms with van der Waals surface area (Å²) < 4.78 is 4.88. The summed E-state index contributed by atoms with van der Waals surface area (Å²) in [6, 6.07) is -0.802. The number of carbonyl (C=O) groups is 3. The number of rotatable bonds is 10. The standard InChI is InChI=1S/C20H36N4O4S/c1-4-14-7-10-23(13-15-6-5-9-24(15)17(25)12-21)18(14)19(26)22-16(8-11-29-3)20(27)28-2/h14-16,18H,4-13,21H2,1-3H3,(H,22,26)/t14-,15-,16-,18-/m0/s1. The average Bonchev–Trinajstić information content (AvgIpc) is 3.36. The molecule has 2 fully saturated rings. The fraction of sp³-hybridized carbons (Fsp3) is 0.850. The molecule has 0 bridgehead atoms. The lowest BCUT2D eigenvalue weighted by Crippen LogP contribution is -2.54. The smallest absolute Gasteiger partial charge is 0.328 e. The zero-order valence-electron chi connectivity index (χ0n) is 17.9. The van der Waals surface area contributed by atoms with E-state index in [1.807, 2.05) is 11.2 Å². The van der Waals surface area contributed by atoms with Crippen molar-refractivity contribution in [3.63, 3.8) is 0 Å². The van der Waals surface area contributed by atoms with Crippen molar-refractivity contribution in [2.75, 3.05) is 45.3 Å². The summed E-state index contributed by atoms with van der Waals surface area (Å²) in [6.45, 7) is 4.36. The van der Waals surface area contributed by atoms with Crippen molar-refractivity contribution in [2.45, 2.75) is 57.2 Å². The van der Waals surface area contributed by atoms with Gasteiger partial charge in [-0.3, -0.25) is 14.5 Å². The number of nitrogens with two attached hydrogens (primary N) is 1. The Hall–Kier alpha value is -1.32. The van der Waals surface area contributed by atoms with Crippen LogP contribution < -0.4 is 11.1 Å². The molecule has 29 heavy (non-hydrogen) atoms. The Kier molecular flexibility index (Phi) is 9.71. The Bertz CT molecular complexity index is 577. The highest BCUT2D eigenvalue weighted by Crippen LogP contribution is 2.30. The number of nitrogens with zero attached hydrogens (tertiary/aromatic N) is 2. The Labute approximate surface area is 178 Å². The number of thioether (sulfide) groups is 1. The highest BCUT2D eigenvalue weighted by Gasteiger charge is 2.41. The molecule has 2 aliphatic heterocycles. The summed E-state index contributed by atoms with van der Waals surface area (Å²) in [5, 5.41) is 2.94. The number of likely N-dealkylation sites (tertiary alicyclic amines) is 2. The van der Waals surface area contributed by atoms with Crippen molar-refractivity contribution in [1.29, 1.82) is 0 Å². The molecular weight excluding hydrogens is 392 g/mol. The second-order valence-electron chi connectivity index (χ2n) is 7.85. The molecule has 0 aromatic rings. The van der Waals surface area contributed by atoms with Gasteiger partial charge in [0.05, 0.1) is 19.7 Å². The number of esters is 1. The van der Waals surface area contributed by atoms with Crippen molar-refractivity contribution in [2.24, 2.45) is 11.7 Å². The van der Waals surface area contributed by atoms with E-state index in [9.17, 15) is 14.4 Å². The van der Waals surface area contributed by atoms with E-state index in [0.717, 1.165) is 44.5 Å². The molecule has 0 aromatic carbocycles. The van der Waals surface area contributed by atoms with Crippen molar-refractivity contribution < 1.29 is 19.1 Å². The fourth-order valence-corrected chi connectivity index (χ4v) is 5.04. The van der Waals surface area contributed by atoms with Gasteiger partial charge in [-0.05, 0) is 50.2 Å². The highest BCUT2D eigenvalue weighted by atomic mass is 32.2. The summed E-state index contributed by atoms with van der Waals surface area (Å²) >= 11 is 1.63. The maximum atomic E-state index is 13.2. The summed E-state index contributed by atoms with van der Waals surface area (Å²) in [5.74, 6) is 0.474. The van der Waals surface area contributed by atoms with Crippen LogP contribution in [-0.2, 0) is 19.1 Å². The quantitative estimate of drug-likeness (QED) is 0.487. The third kappa shape index (κ3) is 6.08. The molecule has 8 nitrogen and oxygen atoms in total. The van der Waals surface area contributed by atoms with Gasteiger partial charge in [-0.1, -0.05) is 13.3 Å². The van der Waals surface area contributed by atoms with Crippen LogP contribution in [0.5, 0.6) is 0 Å². The van der Waals surface area contributed by atoms with Gasteiger partial charge >= 0.3 is 5.97 Å². The molecule has 4 atom stereocenters. The van der Waals surface area contributed by atoms with Crippen LogP contribution in [0.4, 0.5) is 0 Å². The SMILES string of the molecule is CC[C@H]1CCN(C[C@@H]2CCCN2C(=O)CN)[C@@H]1C(=O)N[C@@H](CCSC)C(=O)OC. The molecule has 0 radical (unpaired) electrons. The minimum atomic E-state index is -0.623. The average molecular weight is 429 g/mol. The first-order valence-corrected chi connectivity index (χ1v) is 12.0. The lowest BCUT2D eigenvalue weighted by atomic mass is 9.96. The number of hydrogen-bond donors (Lipinski definition) is 2. The zero-order chi connectivity index (χ0) is 21.4. The van der Waals surface area contributed by atoms with Crippen molar-refractivity contribution >= 4 is 29.5 Å². The van der Waals surface area contributed by atoms with E-state index in [1.54, 1.807) is 11.8 Å². The molecule has 9 heteroatoms. The molecule has 0 unspecified atom stereocenters. The number of methoxy groups -OCH3 is 1. The molecule has 166 valence electrons. The van der Waals surface area contributed by atoms with E-state index in [2.05, 4.69) is 17.1 Å². The van der Waals surface area contributed by atoms with Gasteiger partial charge in [0, 0.05) is 19.1 Å². The molecule has 2 aliphatic rings. The van der Waals surface area contributed by atoms with Crippen LogP contribution >= 0.6 is 11.8 Å². The molecule has 0 spiro atoms. The summed E-state index contributed by atoms with van der Waals surface area (Å²) in [6.07, 6.45) is 6.27. The zero-order valence-corrected chi connectivity index (χ0v) is 18.7. The Balaban J connectivity index is 2.08. The molecule has 2 saturated heterocycles. The van der Waals surface area contributed by atoms with E-state index in [-0.39, 0.29) is 36.4 Å². The van der Waals surface area contributed by atoms with Gasteiger partial charge < -0.3 is 20.7 Å². The molecule has 2 rings (SSSR count). The van der Waals surface area contributed by atoms with E-state index in [4.69, 9.17) is 10.5 Å². The third-order valence-electron chi connectivity index (χ3n) is 6.15. The first kappa shape index (κ1) is 24.0. The largest absolute Gasteiger partial charge is 0.467 e. The Morgan fingerprint density at radius 3 is 2.66 bits per heavy atom. The van der Waals surface area contributed by atoms with Crippen molar-refractivity contribution in [3.05, 3.63) is 0 Å². The topological polar surface area (TPSA) is 105 Å². The fourth-order valence-electron chi connectivity index (χ4n) is 4.56. The Morgan fingerprint density at radius 1 is 1.28 bits per heavy atom. The van der Waals surface area contributed by atoms with Gasteiger partial charge in [-0.25, -0.2) is 4.79 Å². The third-order valence-corrected chi connectivity index (χ3v) is 6.79. The molecule has 3 N–H and O–H groups in total. The normalized spacial score (nSPS) is 25.8. The number of nitrogens with one attached hydrogen (secondary N) is 1. The summed E-state index contributed by atoms with van der Waals surface area (Å²) in [7, 11) is 1.35. The van der Waals surface area contributed by atoms with Gasteiger partial charge in [0.1, 0.15) is 6.04 Å². The van der Waals surface area contributed by atoms with Gasteiger partial charge in [0.25, 0.3) is 0 Å². The van der Waals surface area contributed by atoms with Crippen LogP contribution in [-0.4, -0.2) is 91.0 Å². The second kappa shape index (κ2) is 11.8. The number of ether oxygens (including phenoxy) is 1. The number of carbonyl (C=O) groups excluding carboxylic acids is 3. The summed E-state index contributed by atoms with van der Waals surface area (Å²) in [5.41, 5.74) is 5.56. The van der Waals surface area contributed by atoms with Gasteiger partial charge in [-0.2, -0.15) is 11.8 Å². The van der Waals surface area contributed by atoms with Gasteiger partial charge in [-0.15, -0.1) is 0 Å². The second-order valence-corrected chi connectivity index (χ2v) is 8.84. The minimum Gasteiger partial charge on any atom is -0.467 e. The predicted molar refractivity (Wildman–Crippen MR) is 114 cm³/mol. The molecule has 2 heterocycles. The molecule has 0 saturated carbocycles. The Morgan fingerprint density at radius 2 is 2.03 bits per heavy atom. The van der Waals surface area contributed by atoms with Crippen LogP contribution in [0.3, 0.4) is 0 Å². The van der Waals surface area contributed by atoms with E-state index in [0.29, 0.717) is 13.0 Å². The first-order chi connectivity index (χ1) is 14.0. The lowest BCUT2D eigenvalue weighted by Gasteiger charge is -2.33. The first-order valence-electron chi connectivity index (χ1n) is 10.6. The van der Waals surface area contributed by atoms with E-state index in [1.165, 1.54) is 7.11 Å². The number of amides is 2. The van der Waals surface area contributed by atoms with E-state index >= 15 is 0 Å². The van der Waals surface area contributed by atoms with Gasteiger partial charge in [0.2, 0.25) is 11.8 Å². The minimum absolute atomic E-state index is 0.0221. The van der Waals surface area contributed by atoms with Crippen LogP contribution in [0.1, 0.15) is 39.0 Å². The van der Waals surface area contributed by atoms with Crippen LogP contribution in [0, 0.1) is 5.92 Å². The van der Waals surface area contributed by atoms with Gasteiger partial charge in [0.15, 0.2) is 0 Å². The van der Waals surface area contributed by atoms with Crippen LogP contribution in [0.15, 0.2) is 0 Å². The number of hydrogen-bond acceptors (Lipinski definition) is 7. The molecule has 0 aromatic heterocycles. The van der Waals surface area contributed by atoms with Crippen molar-refractivity contribution in [3.8, 4) is 0 Å². The molecular formula is C20H36N4O4S. The molecule has 0 aliphatic carbocycles. The van der Waals surface area contributed by atoms with Crippen LogP contribution in [0.2, 0.25) is 0 Å². The van der Waals surface area contributed by atoms with Crippen LogP contribution in [0.25, 0.3) is 0 Å². The monoisotopic (exact) mass is 428 g/mol. The summed E-state index contributed by atoms with van der Waals surface area (Å²) in [4.78, 5) is 41.5. The van der Waals surface area contributed by atoms with E-state index < -0.39 is 12.0 Å². The predicted octanol–water partition coefficient (Wildman–Crippen LogP) is 0.448. The maximum absolute atomic E-state index is 13.2. The maximum Gasteiger partial charge on any atom is 0.328 e. The molecule has 2 amide bonds. The lowest BCUT2D eigenvalue weighted by molar-refractivity contribution is -0.146. The van der Waals surface area contributed by atoms with Crippen molar-refractivity contribution in [1.82, 2.24) is 15.1 Å².